The summed E-state index contributed by atoms with van der Waals surface area (Å²) in [7, 11) is 0. The Kier molecular flexibility index (Phi) is 6.12. The maximum atomic E-state index is 14.0. The van der Waals surface area contributed by atoms with Crippen molar-refractivity contribution in [1.82, 2.24) is 5.32 Å². The van der Waals surface area contributed by atoms with Gasteiger partial charge in [-0.05, 0) is 30.3 Å². The van der Waals surface area contributed by atoms with Crippen LogP contribution in [0.15, 0.2) is 72.8 Å². The minimum absolute atomic E-state index is 0.0685. The van der Waals surface area contributed by atoms with Crippen molar-refractivity contribution >= 4 is 29.1 Å². The molecule has 3 amide bonds. The van der Waals surface area contributed by atoms with Crippen LogP contribution in [0.1, 0.15) is 15.9 Å². The van der Waals surface area contributed by atoms with E-state index in [0.717, 1.165) is 0 Å². The maximum Gasteiger partial charge on any atom is 0.265 e. The van der Waals surface area contributed by atoms with Crippen molar-refractivity contribution in [2.75, 3.05) is 23.4 Å². The van der Waals surface area contributed by atoms with Crippen molar-refractivity contribution in [1.29, 1.82) is 0 Å². The van der Waals surface area contributed by atoms with Crippen LogP contribution in [0.25, 0.3) is 0 Å². The molecule has 0 saturated carbocycles. The monoisotopic (exact) mass is 433 g/mol. The van der Waals surface area contributed by atoms with Crippen molar-refractivity contribution in [2.45, 2.75) is 6.54 Å². The van der Waals surface area contributed by atoms with E-state index in [-0.39, 0.29) is 31.5 Å². The SMILES string of the molecule is O=C(CNC(=O)c1ccccc1)Nc1ccc2c(c1)OCC(=O)N2Cc1ccccc1F. The van der Waals surface area contributed by atoms with E-state index in [1.54, 1.807) is 66.7 Å². The number of anilines is 2. The number of carbonyl (C=O) groups excluding carboxylic acids is 3. The number of rotatable bonds is 6. The second kappa shape index (κ2) is 9.30. The molecule has 4 rings (SSSR count). The van der Waals surface area contributed by atoms with Crippen molar-refractivity contribution in [3.8, 4) is 5.75 Å². The van der Waals surface area contributed by atoms with E-state index in [4.69, 9.17) is 4.74 Å². The lowest BCUT2D eigenvalue weighted by molar-refractivity contribution is -0.121. The summed E-state index contributed by atoms with van der Waals surface area (Å²) in [4.78, 5) is 38.1. The third kappa shape index (κ3) is 4.75. The van der Waals surface area contributed by atoms with Crippen LogP contribution in [-0.2, 0) is 16.1 Å². The van der Waals surface area contributed by atoms with Gasteiger partial charge < -0.3 is 20.3 Å². The minimum atomic E-state index is -0.413. The van der Waals surface area contributed by atoms with Gasteiger partial charge in [0.2, 0.25) is 5.91 Å². The molecule has 32 heavy (non-hydrogen) atoms. The number of halogens is 1. The molecule has 0 saturated heterocycles. The Morgan fingerprint density at radius 2 is 1.75 bits per heavy atom. The number of ether oxygens (including phenoxy) is 1. The van der Waals surface area contributed by atoms with Crippen LogP contribution in [0.3, 0.4) is 0 Å². The fraction of sp³-hybridized carbons (Fsp3) is 0.125. The van der Waals surface area contributed by atoms with Crippen molar-refractivity contribution in [2.24, 2.45) is 0 Å². The molecule has 3 aromatic carbocycles. The van der Waals surface area contributed by atoms with Crippen LogP contribution in [0.5, 0.6) is 5.75 Å². The second-order valence-electron chi connectivity index (χ2n) is 7.14. The number of hydrogen-bond acceptors (Lipinski definition) is 4. The lowest BCUT2D eigenvalue weighted by Gasteiger charge is -2.30. The van der Waals surface area contributed by atoms with E-state index in [1.807, 2.05) is 0 Å². The molecule has 0 aliphatic carbocycles. The fourth-order valence-electron chi connectivity index (χ4n) is 3.31. The lowest BCUT2D eigenvalue weighted by atomic mass is 10.1. The number of amides is 3. The molecule has 1 heterocycles. The van der Waals surface area contributed by atoms with Gasteiger partial charge in [-0.15, -0.1) is 0 Å². The predicted molar refractivity (Wildman–Crippen MR) is 117 cm³/mol. The number of fused-ring (bicyclic) bond motifs is 1. The first-order chi connectivity index (χ1) is 15.5. The smallest absolute Gasteiger partial charge is 0.265 e. The molecule has 7 nitrogen and oxygen atoms in total. The van der Waals surface area contributed by atoms with Gasteiger partial charge in [-0.1, -0.05) is 36.4 Å². The molecule has 0 aromatic heterocycles. The molecule has 162 valence electrons. The van der Waals surface area contributed by atoms with E-state index in [2.05, 4.69) is 10.6 Å². The summed E-state index contributed by atoms with van der Waals surface area (Å²) in [5.74, 6) is -1.05. The molecule has 0 spiro atoms. The quantitative estimate of drug-likeness (QED) is 0.625. The first-order valence-electron chi connectivity index (χ1n) is 9.95. The Balaban J connectivity index is 1.42. The van der Waals surface area contributed by atoms with Gasteiger partial charge in [-0.25, -0.2) is 4.39 Å². The van der Waals surface area contributed by atoms with E-state index < -0.39 is 11.7 Å². The Morgan fingerprint density at radius 1 is 1.00 bits per heavy atom. The highest BCUT2D eigenvalue weighted by Crippen LogP contribution is 2.35. The van der Waals surface area contributed by atoms with E-state index in [9.17, 15) is 18.8 Å². The molecular weight excluding hydrogens is 413 g/mol. The summed E-state index contributed by atoms with van der Waals surface area (Å²) >= 11 is 0. The number of benzene rings is 3. The van der Waals surface area contributed by atoms with Gasteiger partial charge in [0.15, 0.2) is 6.61 Å². The van der Waals surface area contributed by atoms with Gasteiger partial charge in [0.1, 0.15) is 11.6 Å². The third-order valence-electron chi connectivity index (χ3n) is 4.92. The van der Waals surface area contributed by atoms with Crippen molar-refractivity contribution < 1.29 is 23.5 Å². The Labute approximate surface area is 183 Å². The third-order valence-corrected chi connectivity index (χ3v) is 4.92. The summed E-state index contributed by atoms with van der Waals surface area (Å²) in [6.45, 7) is -0.325. The summed E-state index contributed by atoms with van der Waals surface area (Å²) in [6.07, 6.45) is 0. The Hall–Kier alpha value is -4.20. The van der Waals surface area contributed by atoms with Crippen LogP contribution in [0.4, 0.5) is 15.8 Å². The number of carbonyl (C=O) groups is 3. The Bertz CT molecular complexity index is 1170. The molecule has 8 heteroatoms. The normalized spacial score (nSPS) is 12.5. The molecule has 3 aromatic rings. The first kappa shape index (κ1) is 21.0. The van der Waals surface area contributed by atoms with Gasteiger partial charge in [0.25, 0.3) is 11.8 Å². The predicted octanol–water partition coefficient (Wildman–Crippen LogP) is 3.12. The largest absolute Gasteiger partial charge is 0.481 e. The first-order valence-corrected chi connectivity index (χ1v) is 9.95. The zero-order valence-electron chi connectivity index (χ0n) is 17.0. The number of nitrogens with one attached hydrogen (secondary N) is 2. The van der Waals surface area contributed by atoms with Crippen LogP contribution in [-0.4, -0.2) is 30.9 Å². The maximum absolute atomic E-state index is 14.0. The molecule has 0 unspecified atom stereocenters. The number of hydrogen-bond donors (Lipinski definition) is 2. The van der Waals surface area contributed by atoms with Crippen LogP contribution < -0.4 is 20.3 Å². The van der Waals surface area contributed by atoms with Gasteiger partial charge in [-0.3, -0.25) is 14.4 Å². The molecule has 0 atom stereocenters. The molecular formula is C24H20FN3O4. The standard InChI is InChI=1S/C24H20FN3O4/c25-19-9-5-4-8-17(19)14-28-20-11-10-18(12-21(20)32-15-23(28)30)27-22(29)13-26-24(31)16-6-2-1-3-7-16/h1-12H,13-15H2,(H,26,31)(H,27,29). The highest BCUT2D eigenvalue weighted by molar-refractivity contribution is 6.01. The zero-order valence-corrected chi connectivity index (χ0v) is 17.0. The van der Waals surface area contributed by atoms with Crippen LogP contribution >= 0.6 is 0 Å². The summed E-state index contributed by atoms with van der Waals surface area (Å²) < 4.78 is 19.6. The lowest BCUT2D eigenvalue weighted by Crippen LogP contribution is -2.38. The van der Waals surface area contributed by atoms with Crippen molar-refractivity contribution in [3.63, 3.8) is 0 Å². The van der Waals surface area contributed by atoms with Gasteiger partial charge >= 0.3 is 0 Å². The summed E-state index contributed by atoms with van der Waals surface area (Å²) in [5.41, 5.74) is 1.78. The number of nitrogens with zero attached hydrogens (tertiary/aromatic N) is 1. The highest BCUT2D eigenvalue weighted by atomic mass is 19.1. The second-order valence-corrected chi connectivity index (χ2v) is 7.14. The highest BCUT2D eigenvalue weighted by Gasteiger charge is 2.26. The Morgan fingerprint density at radius 3 is 2.53 bits per heavy atom. The average molecular weight is 433 g/mol. The molecule has 0 fully saturated rings. The van der Waals surface area contributed by atoms with Crippen LogP contribution in [0.2, 0.25) is 0 Å². The van der Waals surface area contributed by atoms with Gasteiger partial charge in [-0.2, -0.15) is 0 Å². The van der Waals surface area contributed by atoms with Crippen molar-refractivity contribution in [3.05, 3.63) is 89.7 Å². The van der Waals surface area contributed by atoms with E-state index in [0.29, 0.717) is 28.3 Å². The topological polar surface area (TPSA) is 87.7 Å². The summed E-state index contributed by atoms with van der Waals surface area (Å²) in [5, 5.41) is 5.24. The molecule has 1 aliphatic heterocycles. The zero-order chi connectivity index (χ0) is 22.5. The molecule has 2 N–H and O–H groups in total. The fourth-order valence-corrected chi connectivity index (χ4v) is 3.31. The summed E-state index contributed by atoms with van der Waals surface area (Å²) in [6, 6.07) is 19.7. The molecule has 1 aliphatic rings. The average Bonchev–Trinajstić information content (AvgIpc) is 2.81. The van der Waals surface area contributed by atoms with Gasteiger partial charge in [0.05, 0.1) is 18.8 Å². The molecule has 0 bridgehead atoms. The van der Waals surface area contributed by atoms with E-state index in [1.165, 1.54) is 11.0 Å². The molecule has 0 radical (unpaired) electrons. The van der Waals surface area contributed by atoms with Crippen LogP contribution in [0, 0.1) is 5.82 Å². The van der Waals surface area contributed by atoms with Gasteiger partial charge in [0, 0.05) is 22.9 Å². The minimum Gasteiger partial charge on any atom is -0.481 e. The van der Waals surface area contributed by atoms with E-state index >= 15 is 0 Å².